The van der Waals surface area contributed by atoms with Gasteiger partial charge in [0.2, 0.25) is 6.20 Å². The molecule has 1 heterocycles. The minimum absolute atomic E-state index is 0. The molecule has 0 bridgehead atoms. The van der Waals surface area contributed by atoms with Crippen molar-refractivity contribution >= 4 is 12.4 Å². The first kappa shape index (κ1) is 15.0. The first-order valence-electron chi connectivity index (χ1n) is 3.71. The van der Waals surface area contributed by atoms with Crippen molar-refractivity contribution in [3.63, 3.8) is 0 Å². The zero-order valence-electron chi connectivity index (χ0n) is 7.19. The van der Waals surface area contributed by atoms with Gasteiger partial charge in [-0.15, -0.1) is 12.4 Å². The number of nitrogens with zero attached hydrogens (tertiary/aromatic N) is 1. The number of hydrogen-bond donors (Lipinski definition) is 2. The number of aromatic nitrogens is 1. The summed E-state index contributed by atoms with van der Waals surface area (Å²) in [5.41, 5.74) is 5.34. The van der Waals surface area contributed by atoms with Crippen molar-refractivity contribution in [1.29, 1.82) is 0 Å². The minimum atomic E-state index is 0. The van der Waals surface area contributed by atoms with Crippen LogP contribution >= 0.6 is 12.4 Å². The molecule has 0 unspecified atom stereocenters. The lowest BCUT2D eigenvalue weighted by Gasteiger charge is -1.94. The summed E-state index contributed by atoms with van der Waals surface area (Å²) in [6, 6.07) is 3.46. The number of halogens is 2. The van der Waals surface area contributed by atoms with E-state index < -0.39 is 0 Å². The second kappa shape index (κ2) is 8.10. The first-order chi connectivity index (χ1) is 5.33. The third-order valence-electron chi connectivity index (χ3n) is 1.46. The van der Waals surface area contributed by atoms with Gasteiger partial charge in [-0.2, -0.15) is 0 Å². The van der Waals surface area contributed by atoms with Crippen molar-refractivity contribution in [2.45, 2.75) is 13.0 Å². The van der Waals surface area contributed by atoms with Crippen LogP contribution in [0, 0.1) is 0 Å². The van der Waals surface area contributed by atoms with Gasteiger partial charge in [-0.3, -0.25) is 0 Å². The topological polar surface area (TPSA) is 50.1 Å². The summed E-state index contributed by atoms with van der Waals surface area (Å²) >= 11 is 0. The normalized spacial score (nSPS) is 8.38. The molecule has 13 heavy (non-hydrogen) atoms. The van der Waals surface area contributed by atoms with Crippen LogP contribution in [-0.4, -0.2) is 11.7 Å². The highest BCUT2D eigenvalue weighted by atomic mass is 35.5. The van der Waals surface area contributed by atoms with E-state index in [1.165, 1.54) is 0 Å². The van der Waals surface area contributed by atoms with E-state index in [-0.39, 0.29) is 24.8 Å². The van der Waals surface area contributed by atoms with Gasteiger partial charge in [0.05, 0.1) is 0 Å². The molecule has 1 aromatic heterocycles. The average molecular weight is 225 g/mol. The van der Waals surface area contributed by atoms with E-state index in [2.05, 4.69) is 0 Å². The SMILES string of the molecule is Cl.NCCC[n+]1cccc(O)c1.[Cl-]. The van der Waals surface area contributed by atoms with Gasteiger partial charge in [0.25, 0.3) is 0 Å². The van der Waals surface area contributed by atoms with Crippen molar-refractivity contribution < 1.29 is 22.1 Å². The van der Waals surface area contributed by atoms with Crippen LogP contribution < -0.4 is 22.7 Å². The molecule has 3 N–H and O–H groups in total. The average Bonchev–Trinajstić information content (AvgIpc) is 2.01. The molecule has 0 radical (unpaired) electrons. The Labute approximate surface area is 90.4 Å². The molecule has 5 heteroatoms. The van der Waals surface area contributed by atoms with Gasteiger partial charge < -0.3 is 23.2 Å². The van der Waals surface area contributed by atoms with Crippen molar-refractivity contribution in [1.82, 2.24) is 0 Å². The van der Waals surface area contributed by atoms with Gasteiger partial charge in [-0.25, -0.2) is 4.57 Å². The largest absolute Gasteiger partial charge is 1.00 e. The molecule has 0 aromatic carbocycles. The summed E-state index contributed by atoms with van der Waals surface area (Å²) in [6.07, 6.45) is 4.54. The lowest BCUT2D eigenvalue weighted by atomic mass is 10.4. The van der Waals surface area contributed by atoms with Gasteiger partial charge >= 0.3 is 0 Å². The number of hydrogen-bond acceptors (Lipinski definition) is 2. The molecule has 0 atom stereocenters. The number of aryl methyl sites for hydroxylation is 1. The fourth-order valence-corrected chi connectivity index (χ4v) is 0.921. The van der Waals surface area contributed by atoms with Crippen LogP contribution in [-0.2, 0) is 6.54 Å². The zero-order chi connectivity index (χ0) is 8.10. The second-order valence-electron chi connectivity index (χ2n) is 2.44. The lowest BCUT2D eigenvalue weighted by Crippen LogP contribution is -3.00. The Morgan fingerprint density at radius 2 is 2.15 bits per heavy atom. The number of pyridine rings is 1. The summed E-state index contributed by atoms with van der Waals surface area (Å²) in [4.78, 5) is 0. The molecule has 1 rings (SSSR count). The van der Waals surface area contributed by atoms with E-state index in [0.29, 0.717) is 12.3 Å². The van der Waals surface area contributed by atoms with Crippen molar-refractivity contribution in [3.05, 3.63) is 24.5 Å². The van der Waals surface area contributed by atoms with Crippen molar-refractivity contribution in [2.24, 2.45) is 5.73 Å². The molecule has 0 saturated carbocycles. The number of aromatic hydroxyl groups is 1. The van der Waals surface area contributed by atoms with Gasteiger partial charge in [-0.1, -0.05) is 0 Å². The Morgan fingerprint density at radius 3 is 2.69 bits per heavy atom. The third-order valence-corrected chi connectivity index (χ3v) is 1.46. The van der Waals surface area contributed by atoms with E-state index in [1.807, 2.05) is 16.8 Å². The molecule has 0 aliphatic carbocycles. The molecule has 0 fully saturated rings. The number of nitrogens with two attached hydrogens (primary N) is 1. The van der Waals surface area contributed by atoms with E-state index in [4.69, 9.17) is 10.8 Å². The van der Waals surface area contributed by atoms with Crippen molar-refractivity contribution in [2.75, 3.05) is 6.54 Å². The molecule has 1 aromatic rings. The predicted octanol–water partition coefficient (Wildman–Crippen LogP) is -2.55. The van der Waals surface area contributed by atoms with Crippen molar-refractivity contribution in [3.8, 4) is 5.75 Å². The van der Waals surface area contributed by atoms with Crippen LogP contribution in [0.25, 0.3) is 0 Å². The highest BCUT2D eigenvalue weighted by Gasteiger charge is 1.98. The second-order valence-corrected chi connectivity index (χ2v) is 2.44. The first-order valence-corrected chi connectivity index (χ1v) is 3.71. The summed E-state index contributed by atoms with van der Waals surface area (Å²) in [7, 11) is 0. The van der Waals surface area contributed by atoms with E-state index in [1.54, 1.807) is 12.3 Å². The van der Waals surface area contributed by atoms with Crippen LogP contribution in [0.3, 0.4) is 0 Å². The fraction of sp³-hybridized carbons (Fsp3) is 0.375. The van der Waals surface area contributed by atoms with E-state index >= 15 is 0 Å². The quantitative estimate of drug-likeness (QED) is 0.557. The molecular formula is C8H14Cl2N2O. The molecule has 0 saturated heterocycles. The Balaban J connectivity index is 0. The number of rotatable bonds is 3. The maximum absolute atomic E-state index is 9.06. The molecule has 76 valence electrons. The lowest BCUT2D eigenvalue weighted by molar-refractivity contribution is -0.697. The monoisotopic (exact) mass is 224 g/mol. The summed E-state index contributed by atoms with van der Waals surface area (Å²) < 4.78 is 1.92. The molecule has 3 nitrogen and oxygen atoms in total. The Morgan fingerprint density at radius 1 is 1.46 bits per heavy atom. The smallest absolute Gasteiger partial charge is 0.210 e. The van der Waals surface area contributed by atoms with Gasteiger partial charge in [0.1, 0.15) is 6.54 Å². The molecular weight excluding hydrogens is 211 g/mol. The molecule has 0 amide bonds. The molecule has 0 aliphatic rings. The highest BCUT2D eigenvalue weighted by molar-refractivity contribution is 5.85. The Bertz CT molecular complexity index is 233. The maximum atomic E-state index is 9.06. The zero-order valence-corrected chi connectivity index (χ0v) is 8.76. The van der Waals surface area contributed by atoms with Crippen LogP contribution in [0.5, 0.6) is 5.75 Å². The highest BCUT2D eigenvalue weighted by Crippen LogP contribution is 1.99. The van der Waals surface area contributed by atoms with Crippen LogP contribution in [0.1, 0.15) is 6.42 Å². The predicted molar refractivity (Wildman–Crippen MR) is 49.2 cm³/mol. The Hall–Kier alpha value is -0.510. The van der Waals surface area contributed by atoms with Gasteiger partial charge in [0.15, 0.2) is 11.9 Å². The molecule has 0 aliphatic heterocycles. The van der Waals surface area contributed by atoms with Gasteiger partial charge in [0, 0.05) is 12.5 Å². The fourth-order valence-electron chi connectivity index (χ4n) is 0.921. The summed E-state index contributed by atoms with van der Waals surface area (Å²) in [5.74, 6) is 0.296. The van der Waals surface area contributed by atoms with E-state index in [0.717, 1.165) is 13.0 Å². The van der Waals surface area contributed by atoms with Crippen LogP contribution in [0.15, 0.2) is 24.5 Å². The van der Waals surface area contributed by atoms with E-state index in [9.17, 15) is 0 Å². The Kier molecular flexibility index (Phi) is 9.34. The molecule has 0 spiro atoms. The van der Waals surface area contributed by atoms with Crippen LogP contribution in [0.2, 0.25) is 0 Å². The summed E-state index contributed by atoms with van der Waals surface area (Å²) in [6.45, 7) is 1.55. The standard InChI is InChI=1S/C8H12N2O.2ClH/c9-4-2-6-10-5-1-3-8(11)7-10;;/h1,3,5,7H,2,4,6,9H2;2*1H. The van der Waals surface area contributed by atoms with Crippen LogP contribution in [0.4, 0.5) is 0 Å². The minimum Gasteiger partial charge on any atom is -1.00 e. The van der Waals surface area contributed by atoms with Gasteiger partial charge in [-0.05, 0) is 12.6 Å². The summed E-state index contributed by atoms with van der Waals surface area (Å²) in [5, 5.41) is 9.06. The third kappa shape index (κ3) is 5.69. The maximum Gasteiger partial charge on any atom is 0.210 e.